The molecule has 0 aliphatic heterocycles. The molecule has 3 rings (SSSR count). The van der Waals surface area contributed by atoms with Gasteiger partial charge in [0.15, 0.2) is 5.11 Å². The first-order valence-electron chi connectivity index (χ1n) is 8.56. The highest BCUT2D eigenvalue weighted by Gasteiger charge is 2.16. The number of ether oxygens (including phenoxy) is 1. The Bertz CT molecular complexity index is 661. The van der Waals surface area contributed by atoms with Gasteiger partial charge < -0.3 is 15.4 Å². The summed E-state index contributed by atoms with van der Waals surface area (Å²) in [7, 11) is 0. The number of benzene rings is 2. The number of hydrogen-bond acceptors (Lipinski definition) is 2. The van der Waals surface area contributed by atoms with Crippen LogP contribution in [0, 0.1) is 6.92 Å². The summed E-state index contributed by atoms with van der Waals surface area (Å²) in [5.74, 6) is 0.936. The summed E-state index contributed by atoms with van der Waals surface area (Å²) in [5.41, 5.74) is 3.44. The molecule has 1 aliphatic carbocycles. The van der Waals surface area contributed by atoms with Crippen molar-refractivity contribution in [3.8, 4) is 5.75 Å². The summed E-state index contributed by atoms with van der Waals surface area (Å²) >= 11 is 5.36. The van der Waals surface area contributed by atoms with Crippen LogP contribution in [0.3, 0.4) is 0 Å². The summed E-state index contributed by atoms with van der Waals surface area (Å²) in [6, 6.07) is 16.5. The summed E-state index contributed by atoms with van der Waals surface area (Å²) in [5, 5.41) is 7.06. The van der Waals surface area contributed by atoms with Gasteiger partial charge in [-0.25, -0.2) is 0 Å². The Balaban J connectivity index is 1.46. The summed E-state index contributed by atoms with van der Waals surface area (Å²) in [4.78, 5) is 0. The maximum absolute atomic E-state index is 5.97. The van der Waals surface area contributed by atoms with Crippen molar-refractivity contribution in [1.82, 2.24) is 5.32 Å². The summed E-state index contributed by atoms with van der Waals surface area (Å²) in [6.07, 6.45) is 5.30. The van der Waals surface area contributed by atoms with E-state index in [1.54, 1.807) is 0 Å². The van der Waals surface area contributed by atoms with Gasteiger partial charge in [0.05, 0.1) is 6.10 Å². The molecule has 24 heavy (non-hydrogen) atoms. The molecule has 0 amide bonds. The van der Waals surface area contributed by atoms with E-state index in [-0.39, 0.29) is 0 Å². The SMILES string of the molecule is Cc1ccc(CNC(=S)Nc2ccc(OC3CCCC3)cc2)cc1. The summed E-state index contributed by atoms with van der Waals surface area (Å²) < 4.78 is 5.97. The second kappa shape index (κ2) is 8.15. The smallest absolute Gasteiger partial charge is 0.171 e. The number of aryl methyl sites for hydroxylation is 1. The van der Waals surface area contributed by atoms with Crippen LogP contribution in [0.4, 0.5) is 5.69 Å². The van der Waals surface area contributed by atoms with Crippen LogP contribution in [0.2, 0.25) is 0 Å². The van der Waals surface area contributed by atoms with E-state index in [2.05, 4.69) is 41.8 Å². The van der Waals surface area contributed by atoms with Crippen molar-refractivity contribution in [3.63, 3.8) is 0 Å². The topological polar surface area (TPSA) is 33.3 Å². The molecule has 126 valence electrons. The Kier molecular flexibility index (Phi) is 5.70. The average Bonchev–Trinajstić information content (AvgIpc) is 3.09. The van der Waals surface area contributed by atoms with Gasteiger partial charge in [-0.2, -0.15) is 0 Å². The van der Waals surface area contributed by atoms with Gasteiger partial charge >= 0.3 is 0 Å². The molecule has 0 atom stereocenters. The molecule has 0 heterocycles. The van der Waals surface area contributed by atoms with Crippen LogP contribution in [0.1, 0.15) is 36.8 Å². The molecule has 2 aromatic rings. The van der Waals surface area contributed by atoms with Crippen LogP contribution >= 0.6 is 12.2 Å². The molecule has 1 aliphatic rings. The van der Waals surface area contributed by atoms with E-state index in [0.717, 1.165) is 18.0 Å². The third-order valence-electron chi connectivity index (χ3n) is 4.29. The molecule has 3 nitrogen and oxygen atoms in total. The quantitative estimate of drug-likeness (QED) is 0.766. The molecular weight excluding hydrogens is 316 g/mol. The lowest BCUT2D eigenvalue weighted by molar-refractivity contribution is 0.210. The Hall–Kier alpha value is -2.07. The zero-order chi connectivity index (χ0) is 16.8. The summed E-state index contributed by atoms with van der Waals surface area (Å²) in [6.45, 7) is 2.80. The van der Waals surface area contributed by atoms with Crippen LogP contribution in [0.5, 0.6) is 5.75 Å². The first-order chi connectivity index (χ1) is 11.7. The predicted molar refractivity (Wildman–Crippen MR) is 104 cm³/mol. The largest absolute Gasteiger partial charge is 0.490 e. The minimum Gasteiger partial charge on any atom is -0.490 e. The minimum atomic E-state index is 0.390. The molecule has 0 unspecified atom stereocenters. The lowest BCUT2D eigenvalue weighted by Gasteiger charge is -2.14. The molecular formula is C20H24N2OS. The fraction of sp³-hybridized carbons (Fsp3) is 0.350. The van der Waals surface area contributed by atoms with E-state index < -0.39 is 0 Å². The van der Waals surface area contributed by atoms with Crippen molar-refractivity contribution < 1.29 is 4.74 Å². The number of hydrogen-bond donors (Lipinski definition) is 2. The number of thiocarbonyl (C=S) groups is 1. The Labute approximate surface area is 149 Å². The maximum Gasteiger partial charge on any atom is 0.171 e. The van der Waals surface area contributed by atoms with E-state index >= 15 is 0 Å². The third kappa shape index (κ3) is 4.96. The number of rotatable bonds is 5. The van der Waals surface area contributed by atoms with Crippen LogP contribution in [-0.4, -0.2) is 11.2 Å². The molecule has 0 bridgehead atoms. The normalized spacial score (nSPS) is 14.4. The highest BCUT2D eigenvalue weighted by molar-refractivity contribution is 7.80. The maximum atomic E-state index is 5.97. The zero-order valence-electron chi connectivity index (χ0n) is 14.0. The van der Waals surface area contributed by atoms with Crippen molar-refractivity contribution in [3.05, 3.63) is 59.7 Å². The molecule has 2 N–H and O–H groups in total. The Morgan fingerprint density at radius 3 is 2.38 bits per heavy atom. The molecule has 0 saturated heterocycles. The molecule has 2 aromatic carbocycles. The average molecular weight is 340 g/mol. The second-order valence-corrected chi connectivity index (χ2v) is 6.75. The molecule has 4 heteroatoms. The van der Waals surface area contributed by atoms with Gasteiger partial charge in [0, 0.05) is 12.2 Å². The fourth-order valence-corrected chi connectivity index (χ4v) is 3.07. The van der Waals surface area contributed by atoms with Crippen molar-refractivity contribution >= 4 is 23.0 Å². The van der Waals surface area contributed by atoms with Gasteiger partial charge in [0.2, 0.25) is 0 Å². The molecule has 0 aromatic heterocycles. The van der Waals surface area contributed by atoms with Crippen molar-refractivity contribution in [2.75, 3.05) is 5.32 Å². The van der Waals surface area contributed by atoms with E-state index in [1.807, 2.05) is 24.3 Å². The van der Waals surface area contributed by atoms with E-state index in [1.165, 1.54) is 36.8 Å². The number of nitrogens with one attached hydrogen (secondary N) is 2. The van der Waals surface area contributed by atoms with Crippen LogP contribution in [-0.2, 0) is 6.54 Å². The Morgan fingerprint density at radius 2 is 1.71 bits per heavy atom. The van der Waals surface area contributed by atoms with Gasteiger partial charge in [-0.1, -0.05) is 29.8 Å². The molecule has 0 radical (unpaired) electrons. The van der Waals surface area contributed by atoms with Crippen LogP contribution in [0.15, 0.2) is 48.5 Å². The predicted octanol–water partition coefficient (Wildman–Crippen LogP) is 4.80. The molecule has 0 spiro atoms. The minimum absolute atomic E-state index is 0.390. The first-order valence-corrected chi connectivity index (χ1v) is 8.97. The Morgan fingerprint density at radius 1 is 1.04 bits per heavy atom. The monoisotopic (exact) mass is 340 g/mol. The van der Waals surface area contributed by atoms with E-state index in [9.17, 15) is 0 Å². The van der Waals surface area contributed by atoms with Crippen molar-refractivity contribution in [1.29, 1.82) is 0 Å². The lowest BCUT2D eigenvalue weighted by atomic mass is 10.1. The molecule has 1 saturated carbocycles. The standard InChI is InChI=1S/C20H24N2OS/c1-15-6-8-16(9-7-15)14-21-20(24)22-17-10-12-19(13-11-17)23-18-4-2-3-5-18/h6-13,18H,2-5,14H2,1H3,(H2,21,22,24). The van der Waals surface area contributed by atoms with Crippen molar-refractivity contribution in [2.24, 2.45) is 0 Å². The van der Waals surface area contributed by atoms with Gasteiger partial charge in [-0.15, -0.1) is 0 Å². The first kappa shape index (κ1) is 16.8. The third-order valence-corrected chi connectivity index (χ3v) is 4.54. The van der Waals surface area contributed by atoms with Crippen molar-refractivity contribution in [2.45, 2.75) is 45.3 Å². The lowest BCUT2D eigenvalue weighted by Crippen LogP contribution is -2.27. The highest BCUT2D eigenvalue weighted by atomic mass is 32.1. The molecule has 1 fully saturated rings. The van der Waals surface area contributed by atoms with E-state index in [0.29, 0.717) is 11.2 Å². The second-order valence-electron chi connectivity index (χ2n) is 6.34. The highest BCUT2D eigenvalue weighted by Crippen LogP contribution is 2.24. The zero-order valence-corrected chi connectivity index (χ0v) is 14.9. The van der Waals surface area contributed by atoms with Gasteiger partial charge in [0.1, 0.15) is 5.75 Å². The van der Waals surface area contributed by atoms with Gasteiger partial charge in [-0.05, 0) is 74.7 Å². The van der Waals surface area contributed by atoms with Crippen LogP contribution < -0.4 is 15.4 Å². The number of anilines is 1. The fourth-order valence-electron chi connectivity index (χ4n) is 2.88. The van der Waals surface area contributed by atoms with Gasteiger partial charge in [-0.3, -0.25) is 0 Å². The van der Waals surface area contributed by atoms with Gasteiger partial charge in [0.25, 0.3) is 0 Å². The van der Waals surface area contributed by atoms with Crippen LogP contribution in [0.25, 0.3) is 0 Å². The van der Waals surface area contributed by atoms with E-state index in [4.69, 9.17) is 17.0 Å².